The number of aromatic nitrogens is 1. The van der Waals surface area contributed by atoms with Crippen LogP contribution in [0.1, 0.15) is 6.92 Å². The zero-order chi connectivity index (χ0) is 13.0. The Morgan fingerprint density at radius 1 is 1.56 bits per heavy atom. The Labute approximate surface area is 111 Å². The highest BCUT2D eigenvalue weighted by molar-refractivity contribution is 7.11. The average Bonchev–Trinajstić information content (AvgIpc) is 2.71. The van der Waals surface area contributed by atoms with E-state index in [2.05, 4.69) is 21.5 Å². The van der Waals surface area contributed by atoms with Crippen molar-refractivity contribution in [3.05, 3.63) is 0 Å². The van der Waals surface area contributed by atoms with Gasteiger partial charge in [0.15, 0.2) is 16.6 Å². The number of ether oxygens (including phenoxy) is 2. The van der Waals surface area contributed by atoms with Gasteiger partial charge in [0.1, 0.15) is 0 Å². The number of hydrogen-bond acceptors (Lipinski definition) is 7. The van der Waals surface area contributed by atoms with Crippen LogP contribution in [0.15, 0.2) is 0 Å². The Morgan fingerprint density at radius 2 is 2.28 bits per heavy atom. The fourth-order valence-electron chi connectivity index (χ4n) is 2.02. The van der Waals surface area contributed by atoms with E-state index >= 15 is 0 Å². The maximum Gasteiger partial charge on any atom is 0.197 e. The van der Waals surface area contributed by atoms with Crippen LogP contribution in [0.2, 0.25) is 0 Å². The van der Waals surface area contributed by atoms with E-state index in [9.17, 15) is 0 Å². The van der Waals surface area contributed by atoms with Gasteiger partial charge in [0.25, 0.3) is 0 Å². The van der Waals surface area contributed by atoms with Gasteiger partial charge in [0, 0.05) is 25.7 Å². The summed E-state index contributed by atoms with van der Waals surface area (Å²) < 4.78 is 14.7. The number of nitrogens with zero attached hydrogens (tertiary/aromatic N) is 2. The molecular weight excluding hydrogens is 252 g/mol. The minimum Gasteiger partial charge on any atom is -0.490 e. The second-order valence-corrected chi connectivity index (χ2v) is 5.16. The van der Waals surface area contributed by atoms with E-state index < -0.39 is 0 Å². The lowest BCUT2D eigenvalue weighted by molar-refractivity contribution is 0.0368. The molecule has 1 fully saturated rings. The number of morpholine rings is 1. The van der Waals surface area contributed by atoms with Crippen LogP contribution in [0.25, 0.3) is 0 Å². The molecule has 0 amide bonds. The molecule has 0 aromatic carbocycles. The monoisotopic (exact) mass is 272 g/mol. The van der Waals surface area contributed by atoms with Gasteiger partial charge in [0.05, 0.1) is 20.3 Å². The SMILES string of the molecule is COc1c(N)nsc1NC(C)CN1CCOCC1. The molecule has 18 heavy (non-hydrogen) atoms. The predicted molar refractivity (Wildman–Crippen MR) is 73.4 cm³/mol. The topological polar surface area (TPSA) is 72.6 Å². The number of methoxy groups -OCH3 is 1. The van der Waals surface area contributed by atoms with Gasteiger partial charge in [0.2, 0.25) is 0 Å². The largest absolute Gasteiger partial charge is 0.490 e. The Kier molecular flexibility index (Phi) is 4.62. The van der Waals surface area contributed by atoms with Crippen LogP contribution in [0.4, 0.5) is 10.8 Å². The van der Waals surface area contributed by atoms with Crippen molar-refractivity contribution < 1.29 is 9.47 Å². The van der Waals surface area contributed by atoms with Crippen LogP contribution >= 0.6 is 11.5 Å². The number of nitrogens with two attached hydrogens (primary N) is 1. The minimum absolute atomic E-state index is 0.317. The quantitative estimate of drug-likeness (QED) is 0.828. The van der Waals surface area contributed by atoms with Crippen molar-refractivity contribution in [1.82, 2.24) is 9.27 Å². The van der Waals surface area contributed by atoms with E-state index in [0.29, 0.717) is 17.6 Å². The maximum atomic E-state index is 5.72. The van der Waals surface area contributed by atoms with Crippen molar-refractivity contribution >= 4 is 22.4 Å². The lowest BCUT2D eigenvalue weighted by Gasteiger charge is -2.29. The number of hydrogen-bond donors (Lipinski definition) is 2. The summed E-state index contributed by atoms with van der Waals surface area (Å²) in [5.74, 6) is 1.09. The van der Waals surface area contributed by atoms with Crippen LogP contribution in [-0.4, -0.2) is 55.3 Å². The Bertz CT molecular complexity index is 379. The second-order valence-electron chi connectivity index (χ2n) is 4.39. The molecule has 102 valence electrons. The fraction of sp³-hybridized carbons (Fsp3) is 0.727. The first-order valence-electron chi connectivity index (χ1n) is 6.06. The van der Waals surface area contributed by atoms with Crippen LogP contribution < -0.4 is 15.8 Å². The molecule has 1 aliphatic heterocycles. The summed E-state index contributed by atoms with van der Waals surface area (Å²) >= 11 is 1.34. The van der Waals surface area contributed by atoms with Gasteiger partial charge in [-0.3, -0.25) is 4.90 Å². The summed E-state index contributed by atoms with van der Waals surface area (Å²) in [4.78, 5) is 2.39. The third-order valence-corrected chi connectivity index (χ3v) is 3.67. The van der Waals surface area contributed by atoms with Gasteiger partial charge in [-0.05, 0) is 18.5 Å². The Hall–Kier alpha value is -1.05. The highest BCUT2D eigenvalue weighted by Crippen LogP contribution is 2.35. The summed E-state index contributed by atoms with van der Waals surface area (Å²) in [6.45, 7) is 6.75. The molecule has 1 unspecified atom stereocenters. The molecule has 1 saturated heterocycles. The summed E-state index contributed by atoms with van der Waals surface area (Å²) in [6.07, 6.45) is 0. The summed E-state index contributed by atoms with van der Waals surface area (Å²) in [5.41, 5.74) is 5.72. The van der Waals surface area contributed by atoms with Crippen molar-refractivity contribution in [3.63, 3.8) is 0 Å². The molecule has 0 saturated carbocycles. The van der Waals surface area contributed by atoms with E-state index in [-0.39, 0.29) is 0 Å². The van der Waals surface area contributed by atoms with Crippen LogP contribution in [0.3, 0.4) is 0 Å². The molecule has 3 N–H and O–H groups in total. The molecule has 2 rings (SSSR count). The van der Waals surface area contributed by atoms with Crippen molar-refractivity contribution in [3.8, 4) is 5.75 Å². The van der Waals surface area contributed by atoms with Crippen molar-refractivity contribution in [2.45, 2.75) is 13.0 Å². The first-order valence-corrected chi connectivity index (χ1v) is 6.84. The summed E-state index contributed by atoms with van der Waals surface area (Å²) in [6, 6.07) is 0.317. The molecule has 0 bridgehead atoms. The Balaban J connectivity index is 1.87. The Morgan fingerprint density at radius 3 is 2.94 bits per heavy atom. The molecule has 7 heteroatoms. The van der Waals surface area contributed by atoms with E-state index in [1.54, 1.807) is 7.11 Å². The second kappa shape index (κ2) is 6.21. The first kappa shape index (κ1) is 13.4. The molecule has 1 aromatic heterocycles. The molecular formula is C11H20N4O2S. The predicted octanol–water partition coefficient (Wildman–Crippen LogP) is 0.866. The van der Waals surface area contributed by atoms with Crippen molar-refractivity contribution in [1.29, 1.82) is 0 Å². The molecule has 1 aromatic rings. The van der Waals surface area contributed by atoms with Crippen LogP contribution in [-0.2, 0) is 4.74 Å². The standard InChI is InChI=1S/C11H20N4O2S/c1-8(7-15-3-5-17-6-4-15)13-11-9(16-2)10(12)14-18-11/h8,13H,3-7H2,1-2H3,(H2,12,14). The molecule has 1 atom stereocenters. The number of anilines is 2. The third kappa shape index (κ3) is 3.24. The average molecular weight is 272 g/mol. The van der Waals surface area contributed by atoms with Gasteiger partial charge in [-0.2, -0.15) is 4.37 Å². The number of nitrogens with one attached hydrogen (secondary N) is 1. The number of nitrogen functional groups attached to an aromatic ring is 1. The maximum absolute atomic E-state index is 5.72. The van der Waals surface area contributed by atoms with E-state index in [1.165, 1.54) is 11.5 Å². The summed E-state index contributed by atoms with van der Waals surface area (Å²) in [7, 11) is 1.61. The van der Waals surface area contributed by atoms with Gasteiger partial charge in [-0.1, -0.05) is 0 Å². The van der Waals surface area contributed by atoms with Gasteiger partial charge in [-0.25, -0.2) is 0 Å². The number of rotatable bonds is 5. The van der Waals surface area contributed by atoms with Crippen molar-refractivity contribution in [2.75, 3.05) is 51.0 Å². The molecule has 0 spiro atoms. The molecule has 0 radical (unpaired) electrons. The van der Waals surface area contributed by atoms with E-state index in [0.717, 1.165) is 37.8 Å². The highest BCUT2D eigenvalue weighted by atomic mass is 32.1. The van der Waals surface area contributed by atoms with Gasteiger partial charge >= 0.3 is 0 Å². The van der Waals surface area contributed by atoms with Gasteiger partial charge in [-0.15, -0.1) is 0 Å². The molecule has 1 aliphatic rings. The first-order chi connectivity index (χ1) is 8.70. The van der Waals surface area contributed by atoms with E-state index in [1.807, 2.05) is 0 Å². The fourth-order valence-corrected chi connectivity index (χ4v) is 2.82. The summed E-state index contributed by atoms with van der Waals surface area (Å²) in [5, 5.41) is 4.30. The minimum atomic E-state index is 0.317. The molecule has 2 heterocycles. The van der Waals surface area contributed by atoms with Crippen LogP contribution in [0.5, 0.6) is 5.75 Å². The molecule has 0 aliphatic carbocycles. The van der Waals surface area contributed by atoms with Crippen LogP contribution in [0, 0.1) is 0 Å². The third-order valence-electron chi connectivity index (χ3n) is 2.89. The zero-order valence-corrected chi connectivity index (χ0v) is 11.6. The van der Waals surface area contributed by atoms with Gasteiger partial charge < -0.3 is 20.5 Å². The zero-order valence-electron chi connectivity index (χ0n) is 10.8. The lowest BCUT2D eigenvalue weighted by atomic mass is 10.3. The highest BCUT2D eigenvalue weighted by Gasteiger charge is 2.17. The molecule has 6 nitrogen and oxygen atoms in total. The smallest absolute Gasteiger partial charge is 0.197 e. The van der Waals surface area contributed by atoms with Crippen molar-refractivity contribution in [2.24, 2.45) is 0 Å². The normalized spacial score (nSPS) is 18.6. The lowest BCUT2D eigenvalue weighted by Crippen LogP contribution is -2.42. The van der Waals surface area contributed by atoms with E-state index in [4.69, 9.17) is 15.2 Å².